The lowest BCUT2D eigenvalue weighted by molar-refractivity contribution is -0.385. The molecule has 11 nitrogen and oxygen atoms in total. The van der Waals surface area contributed by atoms with Crippen molar-refractivity contribution in [1.29, 1.82) is 0 Å². The maximum atomic E-state index is 13.3. The molecule has 11 heteroatoms. The zero-order chi connectivity index (χ0) is 25.0. The monoisotopic (exact) mass is 476 g/mol. The van der Waals surface area contributed by atoms with Crippen LogP contribution in [0.1, 0.15) is 34.8 Å². The summed E-state index contributed by atoms with van der Waals surface area (Å²) in [5.74, 6) is -0.465. The molecule has 180 valence electrons. The van der Waals surface area contributed by atoms with Crippen LogP contribution in [0.3, 0.4) is 0 Å². The van der Waals surface area contributed by atoms with Gasteiger partial charge in [0.25, 0.3) is 17.2 Å². The molecule has 0 unspecified atom stereocenters. The molecule has 35 heavy (non-hydrogen) atoms. The lowest BCUT2D eigenvalue weighted by Crippen LogP contribution is -2.41. The summed E-state index contributed by atoms with van der Waals surface area (Å²) >= 11 is 0. The Labute approximate surface area is 199 Å². The molecule has 0 radical (unpaired) electrons. The summed E-state index contributed by atoms with van der Waals surface area (Å²) in [6.07, 6.45) is 2.59. The van der Waals surface area contributed by atoms with E-state index in [1.807, 2.05) is 25.1 Å². The van der Waals surface area contributed by atoms with Gasteiger partial charge in [-0.2, -0.15) is 0 Å². The van der Waals surface area contributed by atoms with Crippen molar-refractivity contribution in [3.05, 3.63) is 78.7 Å². The first-order valence-electron chi connectivity index (χ1n) is 11.3. The molecule has 1 saturated heterocycles. The van der Waals surface area contributed by atoms with Crippen LogP contribution in [0.25, 0.3) is 21.9 Å². The molecular formula is C24H24N6O5. The van der Waals surface area contributed by atoms with Crippen LogP contribution >= 0.6 is 0 Å². The number of carbonyl (C=O) groups is 1. The fraction of sp³-hybridized carbons (Fsp3) is 0.333. The van der Waals surface area contributed by atoms with Crippen molar-refractivity contribution in [2.75, 3.05) is 13.1 Å². The van der Waals surface area contributed by atoms with Crippen LogP contribution in [-0.2, 0) is 14.1 Å². The van der Waals surface area contributed by atoms with E-state index in [1.165, 1.54) is 28.3 Å². The number of likely N-dealkylation sites (tertiary alicyclic amines) is 1. The van der Waals surface area contributed by atoms with E-state index in [1.54, 1.807) is 22.8 Å². The zero-order valence-electron chi connectivity index (χ0n) is 19.6. The maximum absolute atomic E-state index is 13.3. The molecule has 5 rings (SSSR count). The molecule has 0 bridgehead atoms. The average Bonchev–Trinajstić information content (AvgIpc) is 3.07. The van der Waals surface area contributed by atoms with Crippen molar-refractivity contribution >= 4 is 33.5 Å². The van der Waals surface area contributed by atoms with E-state index >= 15 is 0 Å². The topological polar surface area (TPSA) is 125 Å². The van der Waals surface area contributed by atoms with Gasteiger partial charge in [-0.15, -0.1) is 0 Å². The molecule has 3 heterocycles. The first-order chi connectivity index (χ1) is 16.7. The number of carbonyl (C=O) groups excluding carboxylic acids is 1. The first-order valence-corrected chi connectivity index (χ1v) is 11.3. The molecule has 0 spiro atoms. The Hall–Kier alpha value is -4.28. The van der Waals surface area contributed by atoms with Gasteiger partial charge in [0.05, 0.1) is 33.2 Å². The van der Waals surface area contributed by atoms with Gasteiger partial charge in [0.1, 0.15) is 5.56 Å². The van der Waals surface area contributed by atoms with Crippen molar-refractivity contribution in [2.24, 2.45) is 14.1 Å². The quantitative estimate of drug-likeness (QED) is 0.330. The van der Waals surface area contributed by atoms with E-state index in [2.05, 4.69) is 4.98 Å². The molecule has 1 aliphatic heterocycles. The summed E-state index contributed by atoms with van der Waals surface area (Å²) in [5, 5.41) is 12.3. The molecule has 2 aromatic heterocycles. The minimum atomic E-state index is -0.598. The van der Waals surface area contributed by atoms with Gasteiger partial charge in [-0.3, -0.25) is 33.4 Å². The summed E-state index contributed by atoms with van der Waals surface area (Å²) in [6, 6.07) is 8.13. The highest BCUT2D eigenvalue weighted by Gasteiger charge is 2.31. The minimum absolute atomic E-state index is 0.0536. The summed E-state index contributed by atoms with van der Waals surface area (Å²) in [4.78, 5) is 55.8. The molecular weight excluding hydrogens is 452 g/mol. The summed E-state index contributed by atoms with van der Waals surface area (Å²) in [5.41, 5.74) is 1.62. The second kappa shape index (κ2) is 8.19. The number of nitro benzene ring substituents is 1. The highest BCUT2D eigenvalue weighted by Crippen LogP contribution is 2.29. The van der Waals surface area contributed by atoms with Crippen LogP contribution in [-0.4, -0.2) is 47.5 Å². The summed E-state index contributed by atoms with van der Waals surface area (Å²) < 4.78 is 4.31. The third-order valence-electron chi connectivity index (χ3n) is 6.90. The van der Waals surface area contributed by atoms with Gasteiger partial charge in [-0.25, -0.2) is 9.78 Å². The number of benzene rings is 2. The smallest absolute Gasteiger partial charge is 0.328 e. The first kappa shape index (κ1) is 22.5. The minimum Gasteiger partial charge on any atom is -0.338 e. The Morgan fingerprint density at radius 2 is 1.71 bits per heavy atom. The fourth-order valence-electron chi connectivity index (χ4n) is 4.88. The summed E-state index contributed by atoms with van der Waals surface area (Å²) in [6.45, 7) is 2.60. The number of aromatic nitrogens is 4. The van der Waals surface area contributed by atoms with Gasteiger partial charge in [0.2, 0.25) is 0 Å². The molecule has 2 aromatic carbocycles. The number of imidazole rings is 1. The van der Waals surface area contributed by atoms with Gasteiger partial charge >= 0.3 is 5.69 Å². The number of aryl methyl sites for hydroxylation is 3. The van der Waals surface area contributed by atoms with Crippen molar-refractivity contribution < 1.29 is 9.72 Å². The second-order valence-corrected chi connectivity index (χ2v) is 9.02. The van der Waals surface area contributed by atoms with E-state index in [-0.39, 0.29) is 28.5 Å². The second-order valence-electron chi connectivity index (χ2n) is 9.02. The maximum Gasteiger partial charge on any atom is 0.328 e. The molecule has 0 N–H and O–H groups in total. The summed E-state index contributed by atoms with van der Waals surface area (Å²) in [7, 11) is 3.10. The lowest BCUT2D eigenvalue weighted by atomic mass is 10.0. The number of amides is 1. The SMILES string of the molecule is Cc1ccc2ncn(C3CCN(C(=O)c4cc5c(cc4[N+](=O)[O-])n(C)c(=O)n5C)CC3)c(=O)c2c1. The van der Waals surface area contributed by atoms with E-state index in [4.69, 9.17) is 0 Å². The van der Waals surface area contributed by atoms with Crippen LogP contribution in [0.4, 0.5) is 5.69 Å². The Balaban J connectivity index is 1.43. The normalized spacial score (nSPS) is 14.7. The predicted molar refractivity (Wildman–Crippen MR) is 130 cm³/mol. The molecule has 0 aliphatic carbocycles. The number of piperidine rings is 1. The fourth-order valence-corrected chi connectivity index (χ4v) is 4.88. The Bertz CT molecular complexity index is 1640. The Morgan fingerprint density at radius 3 is 2.37 bits per heavy atom. The number of hydrogen-bond donors (Lipinski definition) is 0. The van der Waals surface area contributed by atoms with Crippen LogP contribution < -0.4 is 11.2 Å². The van der Waals surface area contributed by atoms with Crippen molar-refractivity contribution in [1.82, 2.24) is 23.6 Å². The predicted octanol–water partition coefficient (Wildman–Crippen LogP) is 2.28. The van der Waals surface area contributed by atoms with Crippen LogP contribution in [0, 0.1) is 17.0 Å². The van der Waals surface area contributed by atoms with Gasteiger partial charge in [0, 0.05) is 39.3 Å². The Morgan fingerprint density at radius 1 is 1.06 bits per heavy atom. The van der Waals surface area contributed by atoms with Crippen LogP contribution in [0.5, 0.6) is 0 Å². The van der Waals surface area contributed by atoms with E-state index in [9.17, 15) is 24.5 Å². The number of nitro groups is 1. The van der Waals surface area contributed by atoms with E-state index < -0.39 is 10.8 Å². The molecule has 0 atom stereocenters. The molecule has 1 aliphatic rings. The van der Waals surface area contributed by atoms with Gasteiger partial charge in [-0.1, -0.05) is 11.6 Å². The number of rotatable bonds is 3. The molecule has 1 amide bonds. The standard InChI is InChI=1S/C24H24N6O5/c1-14-4-5-18-16(10-14)23(32)29(13-25-18)15-6-8-28(9-7-15)22(31)17-11-20-21(12-19(17)30(34)35)27(3)24(33)26(20)2/h4-5,10-13,15H,6-9H2,1-3H3. The van der Waals surface area contributed by atoms with Crippen molar-refractivity contribution in [3.63, 3.8) is 0 Å². The van der Waals surface area contributed by atoms with Crippen molar-refractivity contribution in [3.8, 4) is 0 Å². The highest BCUT2D eigenvalue weighted by molar-refractivity contribution is 6.02. The lowest BCUT2D eigenvalue weighted by Gasteiger charge is -2.32. The van der Waals surface area contributed by atoms with Gasteiger partial charge in [-0.05, 0) is 38.0 Å². The van der Waals surface area contributed by atoms with E-state index in [0.717, 1.165) is 5.56 Å². The molecule has 1 fully saturated rings. The Kier molecular flexibility index (Phi) is 5.27. The third kappa shape index (κ3) is 3.59. The molecule has 0 saturated carbocycles. The highest BCUT2D eigenvalue weighted by atomic mass is 16.6. The van der Waals surface area contributed by atoms with E-state index in [0.29, 0.717) is 47.9 Å². The number of fused-ring (bicyclic) bond motifs is 2. The van der Waals surface area contributed by atoms with Crippen LogP contribution in [0.15, 0.2) is 46.2 Å². The van der Waals surface area contributed by atoms with Crippen molar-refractivity contribution in [2.45, 2.75) is 25.8 Å². The molecule has 4 aromatic rings. The number of hydrogen-bond acceptors (Lipinski definition) is 6. The largest absolute Gasteiger partial charge is 0.338 e. The average molecular weight is 476 g/mol. The zero-order valence-corrected chi connectivity index (χ0v) is 19.6. The third-order valence-corrected chi connectivity index (χ3v) is 6.90. The van der Waals surface area contributed by atoms with Gasteiger partial charge < -0.3 is 4.90 Å². The van der Waals surface area contributed by atoms with Crippen LogP contribution in [0.2, 0.25) is 0 Å². The van der Waals surface area contributed by atoms with Gasteiger partial charge in [0.15, 0.2) is 0 Å². The number of nitrogens with zero attached hydrogens (tertiary/aromatic N) is 6.